The van der Waals surface area contributed by atoms with E-state index >= 15 is 0 Å². The van der Waals surface area contributed by atoms with Crippen molar-refractivity contribution in [3.8, 4) is 0 Å². The number of pyridine rings is 1. The number of nitrogens with zero attached hydrogens (tertiary/aromatic N) is 3. The Morgan fingerprint density at radius 3 is 2.90 bits per heavy atom. The number of nitro groups is 1. The van der Waals surface area contributed by atoms with Crippen molar-refractivity contribution in [2.75, 3.05) is 11.9 Å². The van der Waals surface area contributed by atoms with Crippen LogP contribution in [0.3, 0.4) is 0 Å². The molecule has 0 unspecified atom stereocenters. The highest BCUT2D eigenvalue weighted by atomic mass is 16.6. The van der Waals surface area contributed by atoms with Gasteiger partial charge in [0, 0.05) is 25.2 Å². The topological polar surface area (TPSA) is 110 Å². The molecule has 0 spiro atoms. The van der Waals surface area contributed by atoms with Crippen molar-refractivity contribution in [3.05, 3.63) is 52.1 Å². The lowest BCUT2D eigenvalue weighted by molar-refractivity contribution is -0.385. The van der Waals surface area contributed by atoms with Crippen LogP contribution >= 0.6 is 0 Å². The summed E-state index contributed by atoms with van der Waals surface area (Å²) in [6.07, 6.45) is 4.07. The number of hydrogen-bond donors (Lipinski definition) is 1. The molecule has 2 rings (SSSR count). The number of carboxylic acid groups (broad SMARTS) is 1. The number of carboxylic acids is 1. The summed E-state index contributed by atoms with van der Waals surface area (Å²) in [6.45, 7) is 0.377. The Morgan fingerprint density at radius 2 is 2.35 bits per heavy atom. The number of rotatable bonds is 5. The van der Waals surface area contributed by atoms with Crippen molar-refractivity contribution >= 4 is 17.5 Å². The van der Waals surface area contributed by atoms with Gasteiger partial charge in [0.2, 0.25) is 0 Å². The minimum atomic E-state index is -1.27. The van der Waals surface area contributed by atoms with Gasteiger partial charge >= 0.3 is 5.97 Å². The molecule has 8 heteroatoms. The minimum Gasteiger partial charge on any atom is -0.478 e. The van der Waals surface area contributed by atoms with Crippen LogP contribution in [0.5, 0.6) is 0 Å². The Bertz CT molecular complexity index is 639. The number of hydrogen-bond acceptors (Lipinski definition) is 6. The third-order valence-corrected chi connectivity index (χ3v) is 2.65. The molecular weight excluding hydrogens is 266 g/mol. The van der Waals surface area contributed by atoms with Crippen LogP contribution in [-0.4, -0.2) is 28.0 Å². The van der Waals surface area contributed by atoms with Crippen molar-refractivity contribution < 1.29 is 19.2 Å². The van der Waals surface area contributed by atoms with E-state index in [0.717, 1.165) is 17.8 Å². The van der Waals surface area contributed by atoms with Gasteiger partial charge in [-0.15, -0.1) is 0 Å². The highest BCUT2D eigenvalue weighted by Gasteiger charge is 2.20. The lowest BCUT2D eigenvalue weighted by Gasteiger charge is -2.18. The fourth-order valence-electron chi connectivity index (χ4n) is 1.74. The molecule has 0 saturated heterocycles. The summed E-state index contributed by atoms with van der Waals surface area (Å²) in [5, 5.41) is 19.8. The average Bonchev–Trinajstić information content (AvgIpc) is 2.90. The Hall–Kier alpha value is -2.90. The van der Waals surface area contributed by atoms with Gasteiger partial charge in [0.15, 0.2) is 0 Å². The molecule has 0 bridgehead atoms. The molecule has 0 saturated carbocycles. The molecule has 8 nitrogen and oxygen atoms in total. The van der Waals surface area contributed by atoms with Crippen molar-refractivity contribution in [1.29, 1.82) is 0 Å². The van der Waals surface area contributed by atoms with E-state index in [1.54, 1.807) is 18.0 Å². The van der Waals surface area contributed by atoms with Gasteiger partial charge in [-0.3, -0.25) is 10.1 Å². The molecule has 2 aromatic heterocycles. The third kappa shape index (κ3) is 2.74. The maximum absolute atomic E-state index is 11.2. The second kappa shape index (κ2) is 5.39. The Kier molecular flexibility index (Phi) is 3.65. The lowest BCUT2D eigenvalue weighted by Crippen LogP contribution is -2.20. The lowest BCUT2D eigenvalue weighted by atomic mass is 10.2. The number of anilines is 1. The molecule has 0 aliphatic rings. The molecule has 0 atom stereocenters. The van der Waals surface area contributed by atoms with E-state index in [1.807, 2.05) is 0 Å². The van der Waals surface area contributed by atoms with E-state index in [-0.39, 0.29) is 17.1 Å². The molecule has 0 radical (unpaired) electrons. The number of aromatic nitrogens is 1. The van der Waals surface area contributed by atoms with Crippen molar-refractivity contribution in [2.45, 2.75) is 6.54 Å². The van der Waals surface area contributed by atoms with Gasteiger partial charge in [-0.05, 0) is 6.07 Å². The summed E-state index contributed by atoms with van der Waals surface area (Å²) in [7, 11) is 1.65. The highest BCUT2D eigenvalue weighted by Crippen LogP contribution is 2.23. The van der Waals surface area contributed by atoms with Crippen LogP contribution in [0.15, 0.2) is 35.3 Å². The molecule has 1 N–H and O–H groups in total. The number of aromatic carboxylic acids is 1. The molecule has 2 heterocycles. The van der Waals surface area contributed by atoms with Crippen molar-refractivity contribution in [2.24, 2.45) is 0 Å². The molecule has 104 valence electrons. The highest BCUT2D eigenvalue weighted by molar-refractivity contribution is 5.94. The van der Waals surface area contributed by atoms with Crippen LogP contribution < -0.4 is 4.90 Å². The second-order valence-corrected chi connectivity index (χ2v) is 4.11. The minimum absolute atomic E-state index is 0.157. The summed E-state index contributed by atoms with van der Waals surface area (Å²) < 4.78 is 4.93. The summed E-state index contributed by atoms with van der Waals surface area (Å²) in [5.41, 5.74) is 0.261. The zero-order valence-electron chi connectivity index (χ0n) is 10.5. The molecule has 20 heavy (non-hydrogen) atoms. The first-order chi connectivity index (χ1) is 9.49. The van der Waals surface area contributed by atoms with E-state index in [1.165, 1.54) is 12.5 Å². The van der Waals surface area contributed by atoms with Gasteiger partial charge in [0.25, 0.3) is 5.69 Å². The van der Waals surface area contributed by atoms with Crippen LogP contribution in [0.2, 0.25) is 0 Å². The Labute approximate surface area is 113 Å². The maximum Gasteiger partial charge on any atom is 0.339 e. The Morgan fingerprint density at radius 1 is 1.60 bits per heavy atom. The van der Waals surface area contributed by atoms with E-state index < -0.39 is 10.9 Å². The van der Waals surface area contributed by atoms with Gasteiger partial charge in [-0.25, -0.2) is 9.78 Å². The first-order valence-corrected chi connectivity index (χ1v) is 5.59. The predicted molar refractivity (Wildman–Crippen MR) is 68.7 cm³/mol. The van der Waals surface area contributed by atoms with E-state index in [9.17, 15) is 14.9 Å². The first kappa shape index (κ1) is 13.5. The molecule has 0 aromatic carbocycles. The predicted octanol–water partition coefficient (Wildman–Crippen LogP) is 1.92. The summed E-state index contributed by atoms with van der Waals surface area (Å²) in [5.74, 6) is -1.11. The quantitative estimate of drug-likeness (QED) is 0.656. The fourth-order valence-corrected chi connectivity index (χ4v) is 1.74. The van der Waals surface area contributed by atoms with E-state index in [0.29, 0.717) is 6.54 Å². The normalized spacial score (nSPS) is 10.2. The van der Waals surface area contributed by atoms with Crippen LogP contribution in [0, 0.1) is 10.1 Å². The Balaban J connectivity index is 2.35. The smallest absolute Gasteiger partial charge is 0.339 e. The van der Waals surface area contributed by atoms with Gasteiger partial charge < -0.3 is 14.4 Å². The number of carbonyl (C=O) groups is 1. The SMILES string of the molecule is CN(Cc1ccoc1)c1ncc([N+](=O)[O-])cc1C(=O)O. The van der Waals surface area contributed by atoms with Crippen LogP contribution in [0.1, 0.15) is 15.9 Å². The summed E-state index contributed by atoms with van der Waals surface area (Å²) >= 11 is 0. The second-order valence-electron chi connectivity index (χ2n) is 4.11. The van der Waals surface area contributed by atoms with Gasteiger partial charge in [0.05, 0.1) is 17.4 Å². The van der Waals surface area contributed by atoms with Crippen molar-refractivity contribution in [1.82, 2.24) is 4.98 Å². The molecule has 0 fully saturated rings. The van der Waals surface area contributed by atoms with Gasteiger partial charge in [0.1, 0.15) is 17.6 Å². The fraction of sp³-hybridized carbons (Fsp3) is 0.167. The van der Waals surface area contributed by atoms with Crippen LogP contribution in [-0.2, 0) is 6.54 Å². The summed E-state index contributed by atoms with van der Waals surface area (Å²) in [6, 6.07) is 2.73. The monoisotopic (exact) mass is 277 g/mol. The van der Waals surface area contributed by atoms with Crippen LogP contribution in [0.25, 0.3) is 0 Å². The molecule has 0 aliphatic heterocycles. The summed E-state index contributed by atoms with van der Waals surface area (Å²) in [4.78, 5) is 26.6. The standard InChI is InChI=1S/C12H11N3O5/c1-14(6-8-2-3-20-7-8)11-10(12(16)17)4-9(5-13-11)15(18)19/h2-5,7H,6H2,1H3,(H,16,17). The first-order valence-electron chi connectivity index (χ1n) is 5.59. The number of furan rings is 1. The average molecular weight is 277 g/mol. The van der Waals surface area contributed by atoms with E-state index in [4.69, 9.17) is 9.52 Å². The van der Waals surface area contributed by atoms with Gasteiger partial charge in [-0.1, -0.05) is 0 Å². The molecule has 0 aliphatic carbocycles. The van der Waals surface area contributed by atoms with Gasteiger partial charge in [-0.2, -0.15) is 0 Å². The van der Waals surface area contributed by atoms with E-state index in [2.05, 4.69) is 4.98 Å². The van der Waals surface area contributed by atoms with Crippen LogP contribution in [0.4, 0.5) is 11.5 Å². The zero-order chi connectivity index (χ0) is 14.7. The largest absolute Gasteiger partial charge is 0.478 e. The zero-order valence-corrected chi connectivity index (χ0v) is 10.5. The molecule has 2 aromatic rings. The van der Waals surface area contributed by atoms with Crippen molar-refractivity contribution in [3.63, 3.8) is 0 Å². The third-order valence-electron chi connectivity index (χ3n) is 2.65. The molecular formula is C12H11N3O5. The maximum atomic E-state index is 11.2. The molecule has 0 amide bonds.